The van der Waals surface area contributed by atoms with Gasteiger partial charge >= 0.3 is 0 Å². The Labute approximate surface area is 103 Å². The normalized spacial score (nSPS) is 17.9. The van der Waals surface area contributed by atoms with Crippen molar-refractivity contribution < 1.29 is 9.26 Å². The Balaban J connectivity index is 1.65. The second-order valence-electron chi connectivity index (χ2n) is 4.37. The summed E-state index contributed by atoms with van der Waals surface area (Å²) < 4.78 is 10.9. The number of nitrogens with zero attached hydrogens (tertiary/aromatic N) is 2. The highest BCUT2D eigenvalue weighted by Gasteiger charge is 2.32. The maximum Gasteiger partial charge on any atom is 0.252 e. The Morgan fingerprint density at radius 3 is 3.12 bits per heavy atom. The predicted molar refractivity (Wildman–Crippen MR) is 63.7 cm³/mol. The smallest absolute Gasteiger partial charge is 0.252 e. The zero-order valence-electron chi connectivity index (χ0n) is 9.47. The molecule has 0 saturated carbocycles. The van der Waals surface area contributed by atoms with Crippen molar-refractivity contribution in [1.82, 2.24) is 15.5 Å². The van der Waals surface area contributed by atoms with E-state index in [1.165, 1.54) is 0 Å². The van der Waals surface area contributed by atoms with Crippen LogP contribution in [0.25, 0.3) is 11.4 Å². The molecule has 2 aromatic rings. The number of rotatable bonds is 4. The molecule has 5 nitrogen and oxygen atoms in total. The van der Waals surface area contributed by atoms with Crippen LogP contribution in [0.1, 0.15) is 12.8 Å². The fourth-order valence-corrected chi connectivity index (χ4v) is 2.27. The summed E-state index contributed by atoms with van der Waals surface area (Å²) in [6.07, 6.45) is 0. The summed E-state index contributed by atoms with van der Waals surface area (Å²) in [5, 5.41) is 11.1. The van der Waals surface area contributed by atoms with Crippen LogP contribution in [-0.4, -0.2) is 28.8 Å². The lowest BCUT2D eigenvalue weighted by Gasteiger charge is -2.38. The number of ether oxygens (including phenoxy) is 1. The van der Waals surface area contributed by atoms with Gasteiger partial charge in [0.05, 0.1) is 5.60 Å². The van der Waals surface area contributed by atoms with Crippen molar-refractivity contribution in [2.24, 2.45) is 0 Å². The molecule has 0 radical (unpaired) electrons. The predicted octanol–water partition coefficient (Wildman–Crippen LogP) is 1.68. The van der Waals surface area contributed by atoms with E-state index in [-0.39, 0.29) is 5.60 Å². The van der Waals surface area contributed by atoms with E-state index in [2.05, 4.69) is 22.4 Å². The van der Waals surface area contributed by atoms with Crippen molar-refractivity contribution in [3.05, 3.63) is 22.7 Å². The average Bonchev–Trinajstić information content (AvgIpc) is 2.93. The molecule has 0 aromatic carbocycles. The first-order valence-corrected chi connectivity index (χ1v) is 6.39. The molecule has 0 bridgehead atoms. The fraction of sp³-hybridized carbons (Fsp3) is 0.455. The van der Waals surface area contributed by atoms with Crippen LogP contribution in [0.3, 0.4) is 0 Å². The molecule has 1 aliphatic heterocycles. The molecule has 3 heterocycles. The van der Waals surface area contributed by atoms with Crippen LogP contribution < -0.4 is 5.32 Å². The van der Waals surface area contributed by atoms with E-state index in [0.29, 0.717) is 18.3 Å². The van der Waals surface area contributed by atoms with Crippen LogP contribution in [0.5, 0.6) is 0 Å². The van der Waals surface area contributed by atoms with Crippen molar-refractivity contribution in [2.45, 2.75) is 19.1 Å². The van der Waals surface area contributed by atoms with Gasteiger partial charge in [-0.1, -0.05) is 5.16 Å². The molecule has 0 amide bonds. The van der Waals surface area contributed by atoms with E-state index in [9.17, 15) is 0 Å². The lowest BCUT2D eigenvalue weighted by molar-refractivity contribution is -0.0841. The highest BCUT2D eigenvalue weighted by atomic mass is 32.1. The summed E-state index contributed by atoms with van der Waals surface area (Å²) >= 11 is 1.61. The average molecular weight is 251 g/mol. The maximum atomic E-state index is 5.73. The molecule has 2 aromatic heterocycles. The summed E-state index contributed by atoms with van der Waals surface area (Å²) in [6, 6.07) is 1.97. The van der Waals surface area contributed by atoms with E-state index in [1.54, 1.807) is 11.3 Å². The Morgan fingerprint density at radius 1 is 1.59 bits per heavy atom. The van der Waals surface area contributed by atoms with E-state index >= 15 is 0 Å². The molecular weight excluding hydrogens is 238 g/mol. The zero-order valence-corrected chi connectivity index (χ0v) is 10.3. The highest BCUT2D eigenvalue weighted by Crippen LogP contribution is 2.21. The van der Waals surface area contributed by atoms with Crippen LogP contribution in [-0.2, 0) is 11.3 Å². The molecule has 0 atom stereocenters. The van der Waals surface area contributed by atoms with Crippen LogP contribution in [0.2, 0.25) is 0 Å². The summed E-state index contributed by atoms with van der Waals surface area (Å²) in [7, 11) is 0. The van der Waals surface area contributed by atoms with E-state index < -0.39 is 0 Å². The lowest BCUT2D eigenvalue weighted by atomic mass is 10.0. The Bertz CT molecular complexity index is 491. The lowest BCUT2D eigenvalue weighted by Crippen LogP contribution is -2.58. The van der Waals surface area contributed by atoms with Crippen molar-refractivity contribution in [1.29, 1.82) is 0 Å². The van der Waals surface area contributed by atoms with E-state index in [0.717, 1.165) is 18.7 Å². The van der Waals surface area contributed by atoms with Crippen molar-refractivity contribution >= 4 is 11.3 Å². The number of hydrogen-bond acceptors (Lipinski definition) is 6. The molecule has 3 rings (SSSR count). The molecular formula is C11H13N3O2S. The van der Waals surface area contributed by atoms with Crippen molar-refractivity contribution in [3.8, 4) is 11.4 Å². The minimum absolute atomic E-state index is 0.0863. The molecule has 1 aliphatic rings. The van der Waals surface area contributed by atoms with E-state index in [4.69, 9.17) is 9.26 Å². The number of nitrogens with one attached hydrogen (secondary N) is 1. The van der Waals surface area contributed by atoms with Crippen LogP contribution >= 0.6 is 11.3 Å². The number of hydrogen-bond donors (Lipinski definition) is 1. The van der Waals surface area contributed by atoms with Gasteiger partial charge in [0.15, 0.2) is 0 Å². The first kappa shape index (κ1) is 10.9. The molecule has 90 valence electrons. The van der Waals surface area contributed by atoms with Gasteiger partial charge in [-0.3, -0.25) is 0 Å². The molecule has 0 aliphatic carbocycles. The van der Waals surface area contributed by atoms with Gasteiger partial charge in [0.2, 0.25) is 5.82 Å². The first-order chi connectivity index (χ1) is 8.25. The SMILES string of the molecule is CC1(OCc2nc(-c3ccsc3)no2)CNC1. The second-order valence-corrected chi connectivity index (χ2v) is 5.15. The van der Waals surface area contributed by atoms with Gasteiger partial charge in [-0.2, -0.15) is 16.3 Å². The maximum absolute atomic E-state index is 5.73. The van der Waals surface area contributed by atoms with Gasteiger partial charge in [0.25, 0.3) is 5.89 Å². The van der Waals surface area contributed by atoms with Gasteiger partial charge in [-0.15, -0.1) is 0 Å². The Morgan fingerprint density at radius 2 is 2.47 bits per heavy atom. The number of thiophene rings is 1. The molecule has 1 fully saturated rings. The first-order valence-electron chi connectivity index (χ1n) is 5.45. The minimum Gasteiger partial charge on any atom is -0.363 e. The summed E-state index contributed by atoms with van der Waals surface area (Å²) in [4.78, 5) is 4.30. The molecule has 0 unspecified atom stereocenters. The van der Waals surface area contributed by atoms with Gasteiger partial charge < -0.3 is 14.6 Å². The summed E-state index contributed by atoms with van der Waals surface area (Å²) in [6.45, 7) is 4.19. The molecule has 0 spiro atoms. The summed E-state index contributed by atoms with van der Waals surface area (Å²) in [5.41, 5.74) is 0.901. The Hall–Kier alpha value is -1.24. The standard InChI is InChI=1S/C11H13N3O2S/c1-11(6-12-7-11)15-4-9-13-10(14-16-9)8-2-3-17-5-8/h2-3,5,12H,4,6-7H2,1H3. The molecule has 1 saturated heterocycles. The van der Waals surface area contributed by atoms with Gasteiger partial charge in [0.1, 0.15) is 6.61 Å². The third kappa shape index (κ3) is 2.24. The number of aromatic nitrogens is 2. The van der Waals surface area contributed by atoms with Crippen LogP contribution in [0.15, 0.2) is 21.3 Å². The van der Waals surface area contributed by atoms with E-state index in [1.807, 2.05) is 16.8 Å². The second kappa shape index (κ2) is 4.21. The largest absolute Gasteiger partial charge is 0.363 e. The molecule has 6 heteroatoms. The fourth-order valence-electron chi connectivity index (χ4n) is 1.64. The summed E-state index contributed by atoms with van der Waals surface area (Å²) in [5.74, 6) is 1.15. The molecule has 1 N–H and O–H groups in total. The van der Waals surface area contributed by atoms with Gasteiger partial charge in [-0.05, 0) is 18.4 Å². The quantitative estimate of drug-likeness (QED) is 0.895. The third-order valence-electron chi connectivity index (χ3n) is 2.79. The van der Waals surface area contributed by atoms with Crippen molar-refractivity contribution in [2.75, 3.05) is 13.1 Å². The van der Waals surface area contributed by atoms with Gasteiger partial charge in [0, 0.05) is 24.0 Å². The zero-order chi connectivity index (χ0) is 11.7. The minimum atomic E-state index is -0.0863. The van der Waals surface area contributed by atoms with Crippen LogP contribution in [0, 0.1) is 0 Å². The third-order valence-corrected chi connectivity index (χ3v) is 3.47. The van der Waals surface area contributed by atoms with Crippen LogP contribution in [0.4, 0.5) is 0 Å². The van der Waals surface area contributed by atoms with Gasteiger partial charge in [-0.25, -0.2) is 0 Å². The monoisotopic (exact) mass is 251 g/mol. The van der Waals surface area contributed by atoms with Crippen molar-refractivity contribution in [3.63, 3.8) is 0 Å². The topological polar surface area (TPSA) is 60.2 Å². The molecule has 17 heavy (non-hydrogen) atoms. The Kier molecular flexibility index (Phi) is 2.70. The highest BCUT2D eigenvalue weighted by molar-refractivity contribution is 7.08.